The molecule has 26 heavy (non-hydrogen) atoms. The van der Waals surface area contributed by atoms with Crippen LogP contribution in [0.3, 0.4) is 0 Å². The molecule has 0 radical (unpaired) electrons. The Labute approximate surface area is 143 Å². The van der Waals surface area contributed by atoms with E-state index < -0.39 is 17.4 Å². The second-order valence-corrected chi connectivity index (χ2v) is 5.80. The van der Waals surface area contributed by atoms with E-state index in [-0.39, 0.29) is 33.4 Å². The highest BCUT2D eigenvalue weighted by Crippen LogP contribution is 2.36. The molecule has 2 heterocycles. The summed E-state index contributed by atoms with van der Waals surface area (Å²) in [6.07, 6.45) is -4.52. The van der Waals surface area contributed by atoms with E-state index >= 15 is 0 Å². The molecule has 0 unspecified atom stereocenters. The highest BCUT2D eigenvalue weighted by Gasteiger charge is 2.31. The lowest BCUT2D eigenvalue weighted by molar-refractivity contribution is -0.137. The van der Waals surface area contributed by atoms with Crippen molar-refractivity contribution in [2.24, 2.45) is 0 Å². The minimum atomic E-state index is -4.52. The zero-order valence-corrected chi connectivity index (χ0v) is 13.2. The molecule has 0 spiro atoms. The summed E-state index contributed by atoms with van der Waals surface area (Å²) in [6, 6.07) is 7.54. The number of carbonyl (C=O) groups excluding carboxylic acids is 1. The number of nitrogens with one attached hydrogen (secondary N) is 1. The quantitative estimate of drug-likeness (QED) is 0.500. The zero-order chi connectivity index (χ0) is 18.6. The van der Waals surface area contributed by atoms with E-state index in [1.807, 2.05) is 0 Å². The maximum absolute atomic E-state index is 12.9. The molecular weight excluding hydrogens is 351 g/mol. The van der Waals surface area contributed by atoms with Crippen LogP contribution >= 0.6 is 0 Å². The number of carbonyl (C=O) groups is 1. The van der Waals surface area contributed by atoms with Gasteiger partial charge in [-0.15, -0.1) is 0 Å². The van der Waals surface area contributed by atoms with E-state index in [1.165, 1.54) is 19.1 Å². The third-order valence-corrected chi connectivity index (χ3v) is 3.97. The van der Waals surface area contributed by atoms with Gasteiger partial charge in [-0.05, 0) is 30.3 Å². The highest BCUT2D eigenvalue weighted by molar-refractivity contribution is 6.13. The summed E-state index contributed by atoms with van der Waals surface area (Å²) in [5.74, 6) is -0.295. The van der Waals surface area contributed by atoms with Gasteiger partial charge in [0.1, 0.15) is 16.6 Å². The Morgan fingerprint density at radius 3 is 2.38 bits per heavy atom. The predicted octanol–water partition coefficient (Wildman–Crippen LogP) is 4.67. The van der Waals surface area contributed by atoms with Crippen LogP contribution in [0.15, 0.2) is 50.0 Å². The van der Waals surface area contributed by atoms with Crippen LogP contribution in [-0.2, 0) is 11.0 Å². The molecule has 8 heteroatoms. The average Bonchev–Trinajstić information content (AvgIpc) is 2.92. The number of furan rings is 1. The Balaban J connectivity index is 2.03. The number of anilines is 1. The molecule has 0 bridgehead atoms. The van der Waals surface area contributed by atoms with E-state index in [2.05, 4.69) is 5.32 Å². The van der Waals surface area contributed by atoms with Gasteiger partial charge in [-0.3, -0.25) is 4.79 Å². The largest absolute Gasteiger partial charge is 0.455 e. The molecule has 0 saturated heterocycles. The summed E-state index contributed by atoms with van der Waals surface area (Å²) in [7, 11) is 0. The Kier molecular flexibility index (Phi) is 3.33. The van der Waals surface area contributed by atoms with Crippen molar-refractivity contribution in [2.45, 2.75) is 13.1 Å². The van der Waals surface area contributed by atoms with Crippen molar-refractivity contribution in [1.29, 1.82) is 0 Å². The first kappa shape index (κ1) is 16.2. The average molecular weight is 361 g/mol. The van der Waals surface area contributed by atoms with Crippen molar-refractivity contribution in [1.82, 2.24) is 0 Å². The van der Waals surface area contributed by atoms with Gasteiger partial charge in [0.15, 0.2) is 5.58 Å². The topological polar surface area (TPSA) is 72.5 Å². The molecular formula is C18H10F3NO4. The third kappa shape index (κ3) is 2.50. The van der Waals surface area contributed by atoms with Gasteiger partial charge in [0.2, 0.25) is 5.91 Å². The monoisotopic (exact) mass is 361 g/mol. The first-order chi connectivity index (χ1) is 12.2. The molecule has 0 aliphatic heterocycles. The van der Waals surface area contributed by atoms with Crippen molar-refractivity contribution in [3.05, 3.63) is 52.4 Å². The molecule has 4 rings (SSSR count). The number of fused-ring (bicyclic) bond motifs is 5. The maximum atomic E-state index is 12.9. The number of halogens is 3. The number of hydrogen-bond donors (Lipinski definition) is 1. The Morgan fingerprint density at radius 2 is 1.69 bits per heavy atom. The lowest BCUT2D eigenvalue weighted by Crippen LogP contribution is -2.06. The van der Waals surface area contributed by atoms with Gasteiger partial charge in [0.25, 0.3) is 0 Å². The first-order valence-corrected chi connectivity index (χ1v) is 7.52. The normalized spacial score (nSPS) is 12.2. The van der Waals surface area contributed by atoms with Crippen molar-refractivity contribution < 1.29 is 26.8 Å². The van der Waals surface area contributed by atoms with Gasteiger partial charge >= 0.3 is 11.8 Å². The van der Waals surface area contributed by atoms with Crippen LogP contribution in [0.1, 0.15) is 12.5 Å². The van der Waals surface area contributed by atoms with E-state index in [4.69, 9.17) is 8.83 Å². The second kappa shape index (κ2) is 5.35. The standard InChI is InChI=1S/C18H10F3NO4/c1-8(23)22-10-3-5-12-14(7-10)26-17(24)15-11-4-2-9(18(19,20)21)6-13(11)25-16(12)15/h2-7H,1H3,(H,22,23). The summed E-state index contributed by atoms with van der Waals surface area (Å²) in [5.41, 5.74) is -0.941. The molecule has 0 fully saturated rings. The molecule has 5 nitrogen and oxygen atoms in total. The minimum absolute atomic E-state index is 0.0550. The van der Waals surface area contributed by atoms with Crippen LogP contribution in [0.4, 0.5) is 18.9 Å². The Hall–Kier alpha value is -3.29. The Bertz CT molecular complexity index is 1250. The van der Waals surface area contributed by atoms with Gasteiger partial charge in [-0.1, -0.05) is 0 Å². The van der Waals surface area contributed by atoms with E-state index in [1.54, 1.807) is 12.1 Å². The number of amides is 1. The van der Waals surface area contributed by atoms with Crippen molar-refractivity contribution in [3.8, 4) is 0 Å². The van der Waals surface area contributed by atoms with Crippen LogP contribution in [0, 0.1) is 0 Å². The van der Waals surface area contributed by atoms with Crippen LogP contribution in [0.5, 0.6) is 0 Å². The fraction of sp³-hybridized carbons (Fsp3) is 0.111. The first-order valence-electron chi connectivity index (χ1n) is 7.52. The summed E-state index contributed by atoms with van der Waals surface area (Å²) in [5, 5.41) is 3.30. The molecule has 0 atom stereocenters. The molecule has 0 aliphatic rings. The number of benzene rings is 2. The van der Waals surface area contributed by atoms with Crippen LogP contribution in [0.25, 0.3) is 32.9 Å². The van der Waals surface area contributed by atoms with E-state index in [9.17, 15) is 22.8 Å². The van der Waals surface area contributed by atoms with E-state index in [0.29, 0.717) is 11.1 Å². The number of alkyl halides is 3. The van der Waals surface area contributed by atoms with Gasteiger partial charge in [0.05, 0.1) is 10.9 Å². The van der Waals surface area contributed by atoms with Crippen molar-refractivity contribution in [2.75, 3.05) is 5.32 Å². The lowest BCUT2D eigenvalue weighted by Gasteiger charge is -2.04. The smallest absolute Gasteiger partial charge is 0.416 e. The zero-order valence-electron chi connectivity index (χ0n) is 13.2. The second-order valence-electron chi connectivity index (χ2n) is 5.80. The lowest BCUT2D eigenvalue weighted by atomic mass is 10.1. The molecule has 1 amide bonds. The summed E-state index contributed by atoms with van der Waals surface area (Å²) in [6.45, 7) is 1.33. The molecule has 4 aromatic rings. The molecule has 1 N–H and O–H groups in total. The van der Waals surface area contributed by atoms with Crippen molar-refractivity contribution in [3.63, 3.8) is 0 Å². The minimum Gasteiger partial charge on any atom is -0.455 e. The number of hydrogen-bond acceptors (Lipinski definition) is 4. The molecule has 132 valence electrons. The molecule has 0 aliphatic carbocycles. The summed E-state index contributed by atoms with van der Waals surface area (Å²) in [4.78, 5) is 23.5. The molecule has 2 aromatic carbocycles. The third-order valence-electron chi connectivity index (χ3n) is 3.97. The van der Waals surface area contributed by atoms with Gasteiger partial charge in [0, 0.05) is 24.1 Å². The highest BCUT2D eigenvalue weighted by atomic mass is 19.4. The summed E-state index contributed by atoms with van der Waals surface area (Å²) >= 11 is 0. The Morgan fingerprint density at radius 1 is 1.00 bits per heavy atom. The van der Waals surface area contributed by atoms with Gasteiger partial charge in [-0.2, -0.15) is 13.2 Å². The molecule has 2 aromatic heterocycles. The van der Waals surface area contributed by atoms with Gasteiger partial charge < -0.3 is 14.2 Å². The summed E-state index contributed by atoms with van der Waals surface area (Å²) < 4.78 is 49.5. The fourth-order valence-corrected chi connectivity index (χ4v) is 2.89. The fourth-order valence-electron chi connectivity index (χ4n) is 2.89. The maximum Gasteiger partial charge on any atom is 0.416 e. The number of rotatable bonds is 1. The van der Waals surface area contributed by atoms with Crippen molar-refractivity contribution >= 4 is 44.5 Å². The van der Waals surface area contributed by atoms with Crippen LogP contribution in [0.2, 0.25) is 0 Å². The SMILES string of the molecule is CC(=O)Nc1ccc2c(c1)oc(=O)c1c3ccc(C(F)(F)F)cc3oc21. The predicted molar refractivity (Wildman–Crippen MR) is 89.1 cm³/mol. The van der Waals surface area contributed by atoms with E-state index in [0.717, 1.165) is 12.1 Å². The van der Waals surface area contributed by atoms with Gasteiger partial charge in [-0.25, -0.2) is 4.79 Å². The van der Waals surface area contributed by atoms with Crippen LogP contribution < -0.4 is 10.9 Å². The molecule has 0 saturated carbocycles. The van der Waals surface area contributed by atoms with Crippen LogP contribution in [-0.4, -0.2) is 5.91 Å².